The number of rotatable bonds is 7. The lowest BCUT2D eigenvalue weighted by Gasteiger charge is -2.18. The molecule has 35 heavy (non-hydrogen) atoms. The zero-order chi connectivity index (χ0) is 24.4. The van der Waals surface area contributed by atoms with E-state index in [1.165, 1.54) is 27.5 Å². The molecule has 2 heterocycles. The summed E-state index contributed by atoms with van der Waals surface area (Å²) in [6.45, 7) is 0.729. The summed E-state index contributed by atoms with van der Waals surface area (Å²) in [5.74, 6) is -0.887. The number of hydrogen-bond acceptors (Lipinski definition) is 7. The Morgan fingerprint density at radius 3 is 2.46 bits per heavy atom. The lowest BCUT2D eigenvalue weighted by Crippen LogP contribution is -2.41. The zero-order valence-corrected chi connectivity index (χ0v) is 19.5. The van der Waals surface area contributed by atoms with Crippen molar-refractivity contribution in [3.8, 4) is 11.1 Å². The number of alkyl carbamates (subject to hydrolysis) is 1. The van der Waals surface area contributed by atoms with Gasteiger partial charge < -0.3 is 20.1 Å². The Morgan fingerprint density at radius 2 is 1.77 bits per heavy atom. The van der Waals surface area contributed by atoms with Gasteiger partial charge in [0, 0.05) is 18.2 Å². The highest BCUT2D eigenvalue weighted by atomic mass is 32.2. The summed E-state index contributed by atoms with van der Waals surface area (Å²) < 4.78 is 6.94. The average Bonchev–Trinajstić information content (AvgIpc) is 3.60. The number of carbonyl (C=O) groups excluding carboxylic acids is 2. The number of thioether (sulfide) groups is 1. The Hall–Kier alpha value is -3.86. The van der Waals surface area contributed by atoms with Crippen LogP contribution in [-0.2, 0) is 16.1 Å². The van der Waals surface area contributed by atoms with E-state index in [4.69, 9.17) is 4.74 Å². The number of amides is 2. The molecular formula is C24H23N5O5S. The third-order valence-corrected chi connectivity index (χ3v) is 7.15. The largest absolute Gasteiger partial charge is 0.480 e. The van der Waals surface area contributed by atoms with Crippen molar-refractivity contribution in [2.45, 2.75) is 18.5 Å². The van der Waals surface area contributed by atoms with E-state index in [1.54, 1.807) is 0 Å². The van der Waals surface area contributed by atoms with Gasteiger partial charge in [-0.15, -0.1) is 16.9 Å². The quantitative estimate of drug-likeness (QED) is 0.514. The van der Waals surface area contributed by atoms with Crippen LogP contribution >= 0.6 is 11.8 Å². The highest BCUT2D eigenvalue weighted by Gasteiger charge is 2.36. The van der Waals surface area contributed by atoms with Crippen LogP contribution in [0.1, 0.15) is 27.5 Å². The number of carboxylic acid groups (broad SMARTS) is 1. The number of fused-ring (bicyclic) bond motifs is 3. The standard InChI is InChI=1S/C24H23N5O5S/c30-22(29-14-35-13-21(29)23(31)32)20-11-28(27-26-20)10-9-25-24(33)34-12-19-17-7-3-1-5-15(17)16-6-2-4-8-18(16)19/h1-8,11,19,21H,9-10,12-14H2,(H,25,33)(H,31,32). The molecule has 1 unspecified atom stereocenters. The molecule has 5 rings (SSSR count). The molecule has 0 saturated carbocycles. The van der Waals surface area contributed by atoms with Crippen LogP contribution in [0, 0.1) is 0 Å². The Balaban J connectivity index is 1.12. The number of nitrogens with zero attached hydrogens (tertiary/aromatic N) is 4. The summed E-state index contributed by atoms with van der Waals surface area (Å²) >= 11 is 1.38. The number of aromatic nitrogens is 3. The van der Waals surface area contributed by atoms with Gasteiger partial charge >= 0.3 is 12.1 Å². The third kappa shape index (κ3) is 4.59. The number of carboxylic acids is 1. The summed E-state index contributed by atoms with van der Waals surface area (Å²) in [6.07, 6.45) is 0.908. The molecule has 0 radical (unpaired) electrons. The molecule has 1 aliphatic heterocycles. The minimum Gasteiger partial charge on any atom is -0.480 e. The van der Waals surface area contributed by atoms with Crippen molar-refractivity contribution in [3.05, 3.63) is 71.5 Å². The fourth-order valence-electron chi connectivity index (χ4n) is 4.42. The number of hydrogen-bond donors (Lipinski definition) is 2. The molecular weight excluding hydrogens is 470 g/mol. The second-order valence-corrected chi connectivity index (χ2v) is 9.25. The number of nitrogens with one attached hydrogen (secondary N) is 1. The predicted molar refractivity (Wildman–Crippen MR) is 128 cm³/mol. The Bertz CT molecular complexity index is 1230. The van der Waals surface area contributed by atoms with E-state index in [2.05, 4.69) is 39.9 Å². The van der Waals surface area contributed by atoms with Gasteiger partial charge in [0.15, 0.2) is 5.69 Å². The molecule has 0 spiro atoms. The molecule has 1 aliphatic carbocycles. The molecule has 11 heteroatoms. The second kappa shape index (κ2) is 9.79. The smallest absolute Gasteiger partial charge is 0.407 e. The Morgan fingerprint density at radius 1 is 1.09 bits per heavy atom. The fourth-order valence-corrected chi connectivity index (χ4v) is 5.57. The first-order chi connectivity index (χ1) is 17.0. The van der Waals surface area contributed by atoms with E-state index in [9.17, 15) is 19.5 Å². The number of benzene rings is 2. The summed E-state index contributed by atoms with van der Waals surface area (Å²) in [4.78, 5) is 37.5. The van der Waals surface area contributed by atoms with E-state index in [0.717, 1.165) is 22.3 Å². The molecule has 180 valence electrons. The van der Waals surface area contributed by atoms with Gasteiger partial charge in [-0.25, -0.2) is 14.3 Å². The minimum atomic E-state index is -1.04. The first kappa shape index (κ1) is 22.9. The first-order valence-corrected chi connectivity index (χ1v) is 12.3. The van der Waals surface area contributed by atoms with E-state index < -0.39 is 24.0 Å². The van der Waals surface area contributed by atoms with E-state index in [0.29, 0.717) is 11.6 Å². The van der Waals surface area contributed by atoms with Gasteiger partial charge in [-0.2, -0.15) is 0 Å². The van der Waals surface area contributed by atoms with Crippen molar-refractivity contribution >= 4 is 29.7 Å². The maximum Gasteiger partial charge on any atom is 0.407 e. The molecule has 1 atom stereocenters. The van der Waals surface area contributed by atoms with Gasteiger partial charge in [-0.3, -0.25) is 4.79 Å². The maximum absolute atomic E-state index is 12.6. The van der Waals surface area contributed by atoms with Gasteiger partial charge in [0.25, 0.3) is 5.91 Å². The van der Waals surface area contributed by atoms with E-state index in [1.807, 2.05) is 24.3 Å². The van der Waals surface area contributed by atoms with Gasteiger partial charge in [0.05, 0.1) is 18.6 Å². The first-order valence-electron chi connectivity index (χ1n) is 11.1. The lowest BCUT2D eigenvalue weighted by atomic mass is 9.98. The van der Waals surface area contributed by atoms with Gasteiger partial charge in [-0.1, -0.05) is 53.7 Å². The van der Waals surface area contributed by atoms with Crippen LogP contribution in [0.15, 0.2) is 54.7 Å². The zero-order valence-electron chi connectivity index (χ0n) is 18.7. The fraction of sp³-hybridized carbons (Fsp3) is 0.292. The van der Waals surface area contributed by atoms with Crippen LogP contribution < -0.4 is 5.32 Å². The summed E-state index contributed by atoms with van der Waals surface area (Å²) in [5.41, 5.74) is 4.68. The second-order valence-electron chi connectivity index (χ2n) is 8.25. The summed E-state index contributed by atoms with van der Waals surface area (Å²) in [7, 11) is 0. The molecule has 0 bridgehead atoms. The molecule has 2 aromatic carbocycles. The van der Waals surface area contributed by atoms with Crippen molar-refractivity contribution in [2.24, 2.45) is 0 Å². The molecule has 3 aromatic rings. The molecule has 2 N–H and O–H groups in total. The minimum absolute atomic E-state index is 0.0181. The number of carbonyl (C=O) groups is 3. The Labute approximate surface area is 205 Å². The lowest BCUT2D eigenvalue weighted by molar-refractivity contribution is -0.140. The van der Waals surface area contributed by atoms with Crippen LogP contribution in [0.3, 0.4) is 0 Å². The van der Waals surface area contributed by atoms with Crippen molar-refractivity contribution in [1.29, 1.82) is 0 Å². The summed E-state index contributed by atoms with van der Waals surface area (Å²) in [5, 5.41) is 19.7. The molecule has 10 nitrogen and oxygen atoms in total. The highest BCUT2D eigenvalue weighted by Crippen LogP contribution is 2.44. The van der Waals surface area contributed by atoms with Crippen LogP contribution in [0.25, 0.3) is 11.1 Å². The van der Waals surface area contributed by atoms with Crippen LogP contribution in [0.2, 0.25) is 0 Å². The molecule has 1 saturated heterocycles. The van der Waals surface area contributed by atoms with Crippen molar-refractivity contribution < 1.29 is 24.2 Å². The predicted octanol–water partition coefficient (Wildman–Crippen LogP) is 2.42. The topological polar surface area (TPSA) is 127 Å². The van der Waals surface area contributed by atoms with Crippen molar-refractivity contribution in [2.75, 3.05) is 24.8 Å². The molecule has 2 amide bonds. The Kier molecular flexibility index (Phi) is 6.41. The van der Waals surface area contributed by atoms with Gasteiger partial charge in [0.1, 0.15) is 12.6 Å². The molecule has 2 aliphatic rings. The number of aliphatic carboxylic acids is 1. The van der Waals surface area contributed by atoms with Crippen molar-refractivity contribution in [1.82, 2.24) is 25.2 Å². The van der Waals surface area contributed by atoms with Crippen LogP contribution in [0.4, 0.5) is 4.79 Å². The highest BCUT2D eigenvalue weighted by molar-refractivity contribution is 7.99. The van der Waals surface area contributed by atoms with Gasteiger partial charge in [-0.05, 0) is 22.3 Å². The number of ether oxygens (including phenoxy) is 1. The van der Waals surface area contributed by atoms with Crippen LogP contribution in [0.5, 0.6) is 0 Å². The van der Waals surface area contributed by atoms with Crippen molar-refractivity contribution in [3.63, 3.8) is 0 Å². The monoisotopic (exact) mass is 493 g/mol. The maximum atomic E-state index is 12.6. The summed E-state index contributed by atoms with van der Waals surface area (Å²) in [6, 6.07) is 15.4. The van der Waals surface area contributed by atoms with E-state index in [-0.39, 0.29) is 31.3 Å². The molecule has 1 fully saturated rings. The molecule has 1 aromatic heterocycles. The third-order valence-electron chi connectivity index (χ3n) is 6.14. The normalized spacial score (nSPS) is 16.6. The average molecular weight is 494 g/mol. The van der Waals surface area contributed by atoms with E-state index >= 15 is 0 Å². The van der Waals surface area contributed by atoms with Gasteiger partial charge in [0.2, 0.25) is 0 Å². The van der Waals surface area contributed by atoms with Crippen LogP contribution in [-0.4, -0.2) is 73.8 Å². The SMILES string of the molecule is O=C(NCCn1cc(C(=O)N2CSCC2C(=O)O)nn1)OCC1c2ccccc2-c2ccccc21.